The molecule has 0 saturated carbocycles. The van der Waals surface area contributed by atoms with Crippen molar-refractivity contribution in [1.29, 1.82) is 5.26 Å². The summed E-state index contributed by atoms with van der Waals surface area (Å²) in [7, 11) is 1.54. The molecule has 0 radical (unpaired) electrons. The molecule has 2 rings (SSSR count). The third-order valence-corrected chi connectivity index (χ3v) is 2.83. The van der Waals surface area contributed by atoms with Crippen molar-refractivity contribution in [2.75, 3.05) is 7.11 Å². The van der Waals surface area contributed by atoms with E-state index in [1.54, 1.807) is 24.4 Å². The largest absolute Gasteiger partial charge is 0.497 e. The van der Waals surface area contributed by atoms with Gasteiger partial charge in [0, 0.05) is 12.3 Å². The van der Waals surface area contributed by atoms with Crippen LogP contribution >= 0.6 is 22.6 Å². The van der Waals surface area contributed by atoms with Crippen LogP contribution in [-0.2, 0) is 0 Å². The third kappa shape index (κ3) is 2.87. The van der Waals surface area contributed by atoms with E-state index in [2.05, 4.69) is 32.6 Å². The summed E-state index contributed by atoms with van der Waals surface area (Å²) in [6, 6.07) is 7.00. The van der Waals surface area contributed by atoms with E-state index in [1.165, 1.54) is 13.4 Å². The van der Waals surface area contributed by atoms with E-state index in [0.717, 1.165) is 3.57 Å². The number of hydrogen-bond acceptors (Lipinski definition) is 5. The van der Waals surface area contributed by atoms with Gasteiger partial charge in [0.1, 0.15) is 17.8 Å². The standard InChI is InChI=1S/C12H8IN3O2/c1-17-9-2-8(5-14)3-10(4-9)18-12-11(13)6-15-7-16-12/h2-4,6-7H,1H3. The SMILES string of the molecule is COc1cc(C#N)cc(Oc2ncncc2I)c1. The molecule has 1 aromatic carbocycles. The van der Waals surface area contributed by atoms with E-state index in [1.807, 2.05) is 6.07 Å². The molecule has 1 heterocycles. The summed E-state index contributed by atoms with van der Waals surface area (Å²) in [5.74, 6) is 1.51. The molecule has 0 N–H and O–H groups in total. The van der Waals surface area contributed by atoms with Crippen LogP contribution in [0.5, 0.6) is 17.4 Å². The number of benzene rings is 1. The van der Waals surface area contributed by atoms with Crippen molar-refractivity contribution in [1.82, 2.24) is 9.97 Å². The van der Waals surface area contributed by atoms with Crippen LogP contribution in [0.3, 0.4) is 0 Å². The van der Waals surface area contributed by atoms with Gasteiger partial charge in [-0.25, -0.2) is 9.97 Å². The lowest BCUT2D eigenvalue weighted by Crippen LogP contribution is -1.93. The van der Waals surface area contributed by atoms with E-state index < -0.39 is 0 Å². The fraction of sp³-hybridized carbons (Fsp3) is 0.0833. The summed E-state index contributed by atoms with van der Waals surface area (Å²) in [6.07, 6.45) is 3.05. The number of nitrogens with zero attached hydrogens (tertiary/aromatic N) is 3. The Morgan fingerprint density at radius 2 is 2.06 bits per heavy atom. The molecule has 90 valence electrons. The first kappa shape index (κ1) is 12.6. The lowest BCUT2D eigenvalue weighted by atomic mass is 10.2. The average molecular weight is 353 g/mol. The van der Waals surface area contributed by atoms with Crippen LogP contribution in [0.2, 0.25) is 0 Å². The van der Waals surface area contributed by atoms with E-state index in [4.69, 9.17) is 14.7 Å². The molecule has 2 aromatic rings. The monoisotopic (exact) mass is 353 g/mol. The predicted molar refractivity (Wildman–Crippen MR) is 72.5 cm³/mol. The second-order valence-corrected chi connectivity index (χ2v) is 4.45. The fourth-order valence-corrected chi connectivity index (χ4v) is 1.71. The molecular formula is C12H8IN3O2. The Hall–Kier alpha value is -1.88. The Bertz CT molecular complexity index is 611. The highest BCUT2D eigenvalue weighted by Crippen LogP contribution is 2.28. The van der Waals surface area contributed by atoms with Crippen LogP contribution in [0.4, 0.5) is 0 Å². The van der Waals surface area contributed by atoms with Gasteiger partial charge in [-0.2, -0.15) is 5.26 Å². The summed E-state index contributed by atoms with van der Waals surface area (Å²) >= 11 is 2.08. The highest BCUT2D eigenvalue weighted by Gasteiger charge is 2.07. The Morgan fingerprint density at radius 1 is 1.28 bits per heavy atom. The normalized spacial score (nSPS) is 9.61. The third-order valence-electron chi connectivity index (χ3n) is 2.09. The molecule has 0 saturated heterocycles. The molecule has 0 atom stereocenters. The number of ether oxygens (including phenoxy) is 2. The van der Waals surface area contributed by atoms with Crippen molar-refractivity contribution in [3.63, 3.8) is 0 Å². The zero-order valence-corrected chi connectivity index (χ0v) is 11.6. The molecule has 0 spiro atoms. The molecule has 18 heavy (non-hydrogen) atoms. The Morgan fingerprint density at radius 3 is 2.72 bits per heavy atom. The maximum absolute atomic E-state index is 8.91. The zero-order chi connectivity index (χ0) is 13.0. The van der Waals surface area contributed by atoms with Crippen LogP contribution in [0.15, 0.2) is 30.7 Å². The highest BCUT2D eigenvalue weighted by molar-refractivity contribution is 14.1. The van der Waals surface area contributed by atoms with Gasteiger partial charge in [0.25, 0.3) is 0 Å². The Labute approximate surface area is 118 Å². The molecule has 0 unspecified atom stereocenters. The highest BCUT2D eigenvalue weighted by atomic mass is 127. The van der Waals surface area contributed by atoms with E-state index in [0.29, 0.717) is 22.9 Å². The molecule has 0 bridgehead atoms. The van der Waals surface area contributed by atoms with Gasteiger partial charge in [0.15, 0.2) is 0 Å². The maximum atomic E-state index is 8.91. The number of hydrogen-bond donors (Lipinski definition) is 0. The van der Waals surface area contributed by atoms with Crippen LogP contribution in [0, 0.1) is 14.9 Å². The summed E-state index contributed by atoms with van der Waals surface area (Å²) in [6.45, 7) is 0. The van der Waals surface area contributed by atoms with Gasteiger partial charge in [-0.3, -0.25) is 0 Å². The van der Waals surface area contributed by atoms with Crippen LogP contribution in [0.25, 0.3) is 0 Å². The van der Waals surface area contributed by atoms with Crippen LogP contribution in [-0.4, -0.2) is 17.1 Å². The van der Waals surface area contributed by atoms with E-state index in [9.17, 15) is 0 Å². The van der Waals surface area contributed by atoms with E-state index >= 15 is 0 Å². The summed E-state index contributed by atoms with van der Waals surface area (Å²) < 4.78 is 11.5. The smallest absolute Gasteiger partial charge is 0.235 e. The van der Waals surface area contributed by atoms with Crippen molar-refractivity contribution in [2.24, 2.45) is 0 Å². The fourth-order valence-electron chi connectivity index (χ4n) is 1.30. The van der Waals surface area contributed by atoms with Gasteiger partial charge >= 0.3 is 0 Å². The topological polar surface area (TPSA) is 68.0 Å². The predicted octanol–water partition coefficient (Wildman–Crippen LogP) is 2.75. The van der Waals surface area contributed by atoms with Gasteiger partial charge < -0.3 is 9.47 Å². The first-order valence-corrected chi connectivity index (χ1v) is 6.03. The number of methoxy groups -OCH3 is 1. The van der Waals surface area contributed by atoms with Crippen molar-refractivity contribution in [3.8, 4) is 23.4 Å². The lowest BCUT2D eigenvalue weighted by Gasteiger charge is -2.08. The number of halogens is 1. The molecule has 0 aliphatic heterocycles. The van der Waals surface area contributed by atoms with Crippen molar-refractivity contribution < 1.29 is 9.47 Å². The summed E-state index contributed by atoms with van der Waals surface area (Å²) in [5, 5.41) is 8.91. The number of nitriles is 1. The summed E-state index contributed by atoms with van der Waals surface area (Å²) in [4.78, 5) is 7.90. The molecule has 1 aromatic heterocycles. The minimum Gasteiger partial charge on any atom is -0.497 e. The van der Waals surface area contributed by atoms with Crippen molar-refractivity contribution >= 4 is 22.6 Å². The molecule has 5 nitrogen and oxygen atoms in total. The van der Waals surface area contributed by atoms with Crippen molar-refractivity contribution in [2.45, 2.75) is 0 Å². The number of rotatable bonds is 3. The Balaban J connectivity index is 2.35. The van der Waals surface area contributed by atoms with Crippen LogP contribution in [0.1, 0.15) is 5.56 Å². The first-order valence-electron chi connectivity index (χ1n) is 4.95. The molecule has 0 fully saturated rings. The summed E-state index contributed by atoms with van der Waals surface area (Å²) in [5.41, 5.74) is 0.466. The minimum absolute atomic E-state index is 0.447. The van der Waals surface area contributed by atoms with Gasteiger partial charge in [-0.15, -0.1) is 0 Å². The zero-order valence-electron chi connectivity index (χ0n) is 9.42. The van der Waals surface area contributed by atoms with Gasteiger partial charge in [0.2, 0.25) is 5.88 Å². The maximum Gasteiger partial charge on any atom is 0.235 e. The molecule has 0 aliphatic rings. The lowest BCUT2D eigenvalue weighted by molar-refractivity contribution is 0.406. The second kappa shape index (κ2) is 5.64. The minimum atomic E-state index is 0.447. The van der Waals surface area contributed by atoms with Crippen LogP contribution < -0.4 is 9.47 Å². The molecule has 0 amide bonds. The number of aromatic nitrogens is 2. The first-order chi connectivity index (χ1) is 8.72. The second-order valence-electron chi connectivity index (χ2n) is 3.29. The molecule has 0 aliphatic carbocycles. The van der Waals surface area contributed by atoms with Gasteiger partial charge in [-0.05, 0) is 34.7 Å². The quantitative estimate of drug-likeness (QED) is 0.794. The van der Waals surface area contributed by atoms with Crippen molar-refractivity contribution in [3.05, 3.63) is 39.9 Å². The Kier molecular flexibility index (Phi) is 3.94. The molecular weight excluding hydrogens is 345 g/mol. The van der Waals surface area contributed by atoms with Gasteiger partial charge in [-0.1, -0.05) is 0 Å². The molecule has 6 heteroatoms. The van der Waals surface area contributed by atoms with E-state index in [-0.39, 0.29) is 0 Å². The van der Waals surface area contributed by atoms with Gasteiger partial charge in [0.05, 0.1) is 22.3 Å². The average Bonchev–Trinajstić information content (AvgIpc) is 2.41.